The Labute approximate surface area is 195 Å². The molecule has 1 heterocycles. The van der Waals surface area contributed by atoms with Gasteiger partial charge in [0.2, 0.25) is 5.91 Å². The Morgan fingerprint density at radius 1 is 1.15 bits per heavy atom. The zero-order valence-corrected chi connectivity index (χ0v) is 18.7. The van der Waals surface area contributed by atoms with E-state index >= 15 is 0 Å². The van der Waals surface area contributed by atoms with Gasteiger partial charge in [-0.2, -0.15) is 18.4 Å². The average Bonchev–Trinajstić information content (AvgIpc) is 3.22. The van der Waals surface area contributed by atoms with Crippen molar-refractivity contribution in [2.24, 2.45) is 5.41 Å². The molecule has 1 saturated heterocycles. The molecular formula is C24H27F4N3O3. The number of benzene rings is 1. The number of alkyl halides is 4. The lowest BCUT2D eigenvalue weighted by Crippen LogP contribution is -2.58. The highest BCUT2D eigenvalue weighted by molar-refractivity contribution is 5.80. The summed E-state index contributed by atoms with van der Waals surface area (Å²) >= 11 is 0. The van der Waals surface area contributed by atoms with Crippen LogP contribution in [0.3, 0.4) is 0 Å². The Hall–Kier alpha value is -2.67. The van der Waals surface area contributed by atoms with E-state index in [0.717, 1.165) is 6.07 Å². The molecule has 2 unspecified atom stereocenters. The van der Waals surface area contributed by atoms with Crippen molar-refractivity contribution in [2.45, 2.75) is 75.5 Å². The largest absolute Gasteiger partial charge is 0.460 e. The lowest BCUT2D eigenvalue weighted by molar-refractivity contribution is -0.166. The molecule has 2 bridgehead atoms. The third-order valence-electron chi connectivity index (χ3n) is 7.69. The zero-order chi connectivity index (χ0) is 24.6. The van der Waals surface area contributed by atoms with Gasteiger partial charge in [0.05, 0.1) is 30.1 Å². The Balaban J connectivity index is 1.31. The molecule has 184 valence electrons. The van der Waals surface area contributed by atoms with Gasteiger partial charge in [0, 0.05) is 17.5 Å². The first-order valence-electron chi connectivity index (χ1n) is 11.5. The van der Waals surface area contributed by atoms with Crippen LogP contribution in [0.25, 0.3) is 0 Å². The molecule has 3 aliphatic carbocycles. The first-order valence-corrected chi connectivity index (χ1v) is 11.5. The maximum atomic E-state index is 13.6. The van der Waals surface area contributed by atoms with Crippen LogP contribution >= 0.6 is 0 Å². The maximum absolute atomic E-state index is 13.6. The number of carbonyl (C=O) groups is 2. The summed E-state index contributed by atoms with van der Waals surface area (Å²) in [6.45, 7) is -0.506. The second kappa shape index (κ2) is 9.17. The van der Waals surface area contributed by atoms with Crippen LogP contribution in [-0.2, 0) is 27.1 Å². The van der Waals surface area contributed by atoms with Gasteiger partial charge >= 0.3 is 12.1 Å². The van der Waals surface area contributed by atoms with Crippen molar-refractivity contribution < 1.29 is 31.9 Å². The van der Waals surface area contributed by atoms with Crippen LogP contribution in [0, 0.1) is 16.7 Å². The van der Waals surface area contributed by atoms with E-state index in [-0.39, 0.29) is 36.5 Å². The number of nitrogens with zero attached hydrogens (tertiary/aromatic N) is 2. The van der Waals surface area contributed by atoms with Gasteiger partial charge in [-0.1, -0.05) is 18.2 Å². The number of fused-ring (bicyclic) bond motifs is 3. The highest BCUT2D eigenvalue weighted by Crippen LogP contribution is 2.53. The van der Waals surface area contributed by atoms with Crippen molar-refractivity contribution in [3.8, 4) is 6.07 Å². The Bertz CT molecular complexity index is 966. The molecule has 1 aromatic rings. The number of halogens is 4. The number of amides is 1. The lowest BCUT2D eigenvalue weighted by atomic mass is 9.57. The van der Waals surface area contributed by atoms with Gasteiger partial charge in [0.1, 0.15) is 18.8 Å². The fourth-order valence-electron chi connectivity index (χ4n) is 5.52. The summed E-state index contributed by atoms with van der Waals surface area (Å²) in [7, 11) is 0. The predicted octanol–water partition coefficient (Wildman–Crippen LogP) is 3.89. The van der Waals surface area contributed by atoms with Crippen LogP contribution in [0.2, 0.25) is 0 Å². The molecule has 1 aliphatic heterocycles. The van der Waals surface area contributed by atoms with Crippen LogP contribution in [0.4, 0.5) is 17.6 Å². The van der Waals surface area contributed by atoms with Crippen LogP contribution in [0.15, 0.2) is 24.3 Å². The van der Waals surface area contributed by atoms with Crippen molar-refractivity contribution in [1.29, 1.82) is 5.26 Å². The molecule has 0 aromatic heterocycles. The molecule has 0 spiro atoms. The van der Waals surface area contributed by atoms with Crippen LogP contribution in [-0.4, -0.2) is 47.6 Å². The number of carbonyl (C=O) groups excluding carboxylic acids is 2. The summed E-state index contributed by atoms with van der Waals surface area (Å²) < 4.78 is 58.6. The van der Waals surface area contributed by atoms with E-state index in [4.69, 9.17) is 10.00 Å². The van der Waals surface area contributed by atoms with Gasteiger partial charge in [-0.15, -0.1) is 0 Å². The summed E-state index contributed by atoms with van der Waals surface area (Å²) in [5, 5.41) is 12.4. The maximum Gasteiger partial charge on any atom is 0.416 e. The molecule has 4 aliphatic rings. The molecule has 2 atom stereocenters. The van der Waals surface area contributed by atoms with E-state index < -0.39 is 41.9 Å². The number of likely N-dealkylation sites (tertiary alicyclic amines) is 1. The summed E-state index contributed by atoms with van der Waals surface area (Å²) in [5.41, 5.74) is -1.93. The average molecular weight is 481 g/mol. The molecule has 5 rings (SSSR count). The minimum Gasteiger partial charge on any atom is -0.460 e. The molecule has 1 aromatic carbocycles. The highest BCUT2D eigenvalue weighted by atomic mass is 19.4. The molecule has 6 nitrogen and oxygen atoms in total. The molecule has 10 heteroatoms. The van der Waals surface area contributed by atoms with Crippen LogP contribution in [0.1, 0.15) is 56.1 Å². The summed E-state index contributed by atoms with van der Waals surface area (Å²) in [5.74, 6) is -0.789. The number of esters is 1. The molecule has 0 radical (unpaired) electrons. The second-order valence-corrected chi connectivity index (χ2v) is 9.67. The second-order valence-electron chi connectivity index (χ2n) is 9.67. The van der Waals surface area contributed by atoms with Gasteiger partial charge in [-0.3, -0.25) is 9.59 Å². The smallest absolute Gasteiger partial charge is 0.416 e. The number of nitriles is 1. The monoisotopic (exact) mass is 481 g/mol. The van der Waals surface area contributed by atoms with Gasteiger partial charge in [0.15, 0.2) is 0 Å². The van der Waals surface area contributed by atoms with Gasteiger partial charge < -0.3 is 15.0 Å². The molecule has 1 amide bonds. The van der Waals surface area contributed by atoms with Crippen molar-refractivity contribution in [1.82, 2.24) is 10.2 Å². The first kappa shape index (κ1) is 24.5. The van der Waals surface area contributed by atoms with Crippen LogP contribution in [0.5, 0.6) is 0 Å². The topological polar surface area (TPSA) is 82.4 Å². The molecule has 34 heavy (non-hydrogen) atoms. The summed E-state index contributed by atoms with van der Waals surface area (Å²) in [4.78, 5) is 26.7. The quantitative estimate of drug-likeness (QED) is 0.493. The number of ether oxygens (including phenoxy) is 1. The molecular weight excluding hydrogens is 454 g/mol. The SMILES string of the molecule is N#CC1CC(F)CN1C(=O)CNC12CCC(C(=O)OCc3ccccc3C(F)(F)F)(CC1)CC2. The Morgan fingerprint density at radius 2 is 1.79 bits per heavy atom. The fourth-order valence-corrected chi connectivity index (χ4v) is 5.52. The highest BCUT2D eigenvalue weighted by Gasteiger charge is 2.53. The standard InChI is InChI=1S/C24H27F4N3O3/c25-17-11-18(12-29)31(14-17)20(32)13-30-23-8-5-22(6-9-23,7-10-23)21(33)34-15-16-3-1-2-4-19(16)24(26,27)28/h1-4,17-18,30H,5-11,13-15H2. The van der Waals surface area contributed by atoms with E-state index in [1.54, 1.807) is 0 Å². The third-order valence-corrected chi connectivity index (χ3v) is 7.69. The molecule has 1 N–H and O–H groups in total. The number of nitrogens with one attached hydrogen (secondary N) is 1. The van der Waals surface area contributed by atoms with Crippen molar-refractivity contribution >= 4 is 11.9 Å². The minimum atomic E-state index is -4.52. The third kappa shape index (κ3) is 4.76. The van der Waals surface area contributed by atoms with Gasteiger partial charge in [0.25, 0.3) is 0 Å². The number of hydrogen-bond donors (Lipinski definition) is 1. The van der Waals surface area contributed by atoms with E-state index in [1.165, 1.54) is 23.1 Å². The molecule has 4 fully saturated rings. The minimum absolute atomic E-state index is 0.00340. The van der Waals surface area contributed by atoms with Gasteiger partial charge in [-0.05, 0) is 44.6 Å². The van der Waals surface area contributed by atoms with E-state index in [0.29, 0.717) is 38.5 Å². The summed E-state index contributed by atoms with van der Waals surface area (Å²) in [6.07, 6.45) is -2.24. The first-order chi connectivity index (χ1) is 16.1. The van der Waals surface area contributed by atoms with Crippen molar-refractivity contribution in [3.63, 3.8) is 0 Å². The van der Waals surface area contributed by atoms with E-state index in [9.17, 15) is 27.2 Å². The van der Waals surface area contributed by atoms with E-state index in [1.807, 2.05) is 6.07 Å². The number of rotatable bonds is 6. The number of hydrogen-bond acceptors (Lipinski definition) is 5. The lowest BCUT2D eigenvalue weighted by Gasteiger charge is -2.52. The Kier molecular flexibility index (Phi) is 6.60. The Morgan fingerprint density at radius 3 is 2.41 bits per heavy atom. The van der Waals surface area contributed by atoms with Crippen molar-refractivity contribution in [2.75, 3.05) is 13.1 Å². The predicted molar refractivity (Wildman–Crippen MR) is 113 cm³/mol. The fraction of sp³-hybridized carbons (Fsp3) is 0.625. The normalized spacial score (nSPS) is 30.7. The molecule has 3 saturated carbocycles. The van der Waals surface area contributed by atoms with E-state index in [2.05, 4.69) is 5.32 Å². The van der Waals surface area contributed by atoms with Crippen LogP contribution < -0.4 is 5.32 Å². The van der Waals surface area contributed by atoms with Gasteiger partial charge in [-0.25, -0.2) is 4.39 Å². The zero-order valence-electron chi connectivity index (χ0n) is 18.7. The van der Waals surface area contributed by atoms with Crippen molar-refractivity contribution in [3.05, 3.63) is 35.4 Å². The summed E-state index contributed by atoms with van der Waals surface area (Å²) in [6, 6.07) is 6.28.